The molecule has 0 aliphatic rings. The molecule has 0 saturated carbocycles. The van der Waals surface area contributed by atoms with Gasteiger partial charge < -0.3 is 0 Å². The molecular weight excluding hydrogens is 1250 g/mol. The van der Waals surface area contributed by atoms with Crippen LogP contribution in [0.5, 0.6) is 0 Å². The third kappa shape index (κ3) is 83.0. The first kappa shape index (κ1) is 104. The number of hydrogen-bond acceptors (Lipinski definition) is 0. The van der Waals surface area contributed by atoms with E-state index in [2.05, 4.69) is 0 Å². The molecule has 0 aromatic carbocycles. The van der Waals surface area contributed by atoms with Crippen LogP contribution in [0.2, 0.25) is 0 Å². The van der Waals surface area contributed by atoms with Crippen LogP contribution in [0.3, 0.4) is 0 Å². The minimum atomic E-state index is 0. The third-order valence-corrected chi connectivity index (χ3v) is 0. The first-order valence-electron chi connectivity index (χ1n) is 0. The molecular formula is H8BiCdCeCoCrFeKLiMnNaNiPbTh. The minimum Gasteiger partial charge on any atom is 0 e. The second kappa shape index (κ2) is 91.0. The zero-order valence-corrected chi connectivity index (χ0v) is 32.8. The van der Waals surface area contributed by atoms with Gasteiger partial charge in [-0.05, 0) is 0 Å². The summed E-state index contributed by atoms with van der Waals surface area (Å²) < 4.78 is 0. The molecule has 0 amide bonds. The van der Waals surface area contributed by atoms with Gasteiger partial charge in [-0.2, -0.15) is 0 Å². The molecule has 0 aromatic heterocycles. The largest absolute Gasteiger partial charge is 0 e. The van der Waals surface area contributed by atoms with Crippen LogP contribution in [0, 0.1) is 81.7 Å². The zero-order valence-electron chi connectivity index (χ0n) is 4.91. The van der Waals surface area contributed by atoms with Crippen molar-refractivity contribution in [2.75, 3.05) is 0 Å². The number of rotatable bonds is 0. The standard InChI is InChI=1S/Bi.Cd.Ce.Co.Cr.Fe.K.Li.Mn.Na.Ni.Pb.Th.8H. The van der Waals surface area contributed by atoms with Gasteiger partial charge in [0.1, 0.15) is 0 Å². The van der Waals surface area contributed by atoms with Crippen LogP contribution in [0.15, 0.2) is 0 Å². The SMILES string of the molecule is [BiH3].[Cd].[Ce].[Co].[Cr].[Fe].[KH].[LiH].[Mn].[NaH].[Ni].[PbH2].[Th]. The van der Waals surface area contributed by atoms with Crippen LogP contribution < -0.4 is 0 Å². The fourth-order valence-electron chi connectivity index (χ4n) is 0. The predicted molar refractivity (Wildman–Crippen MR) is 39.9 cm³/mol. The Labute approximate surface area is 335 Å². The summed E-state index contributed by atoms with van der Waals surface area (Å²) in [5.41, 5.74) is 0. The molecule has 0 spiro atoms. The third-order valence-electron chi connectivity index (χ3n) is 0. The summed E-state index contributed by atoms with van der Waals surface area (Å²) in [7, 11) is 0. The first-order chi connectivity index (χ1) is 0. The average Bonchev–Trinajstić information content (AvgIpc) is 0. The van der Waals surface area contributed by atoms with E-state index in [0.717, 1.165) is 0 Å². The fraction of sp³-hybridized carbons (Fsp3) is 0. The summed E-state index contributed by atoms with van der Waals surface area (Å²) in [5.74, 6) is 0. The van der Waals surface area contributed by atoms with Gasteiger partial charge in [-0.3, -0.25) is 0 Å². The summed E-state index contributed by atoms with van der Waals surface area (Å²) in [4.78, 5) is 0. The predicted octanol–water partition coefficient (Wildman–Crippen LogP) is -4.06. The summed E-state index contributed by atoms with van der Waals surface area (Å²) >= 11 is 0. The molecule has 0 aromatic rings. The van der Waals surface area contributed by atoms with Crippen LogP contribution in [0.4, 0.5) is 0 Å². The van der Waals surface area contributed by atoms with E-state index in [1.807, 2.05) is 0 Å². The van der Waals surface area contributed by atoms with Gasteiger partial charge in [0.2, 0.25) is 0 Å². The van der Waals surface area contributed by atoms with Gasteiger partial charge in [-0.25, -0.2) is 0 Å². The summed E-state index contributed by atoms with van der Waals surface area (Å²) in [6.07, 6.45) is 0. The molecule has 0 nitrogen and oxygen atoms in total. The maximum Gasteiger partial charge on any atom is 0 e. The van der Waals surface area contributed by atoms with E-state index in [0.29, 0.717) is 0 Å². The van der Waals surface area contributed by atoms with E-state index >= 15 is 0 Å². The quantitative estimate of drug-likeness (QED) is 0.217. The Morgan fingerprint density at radius 2 is 1.00 bits per heavy atom. The molecule has 0 fully saturated rings. The van der Waals surface area contributed by atoms with Crippen LogP contribution in [-0.2, 0) is 112 Å². The van der Waals surface area contributed by atoms with Gasteiger partial charge in [0.25, 0.3) is 0 Å². The van der Waals surface area contributed by atoms with Gasteiger partial charge in [0.15, 0.2) is 0 Å². The molecule has 0 heterocycles. The van der Waals surface area contributed by atoms with Gasteiger partial charge in [0, 0.05) is 194 Å². The van der Waals surface area contributed by atoms with E-state index in [1.165, 1.54) is 0 Å². The van der Waals surface area contributed by atoms with E-state index < -0.39 is 0 Å². The summed E-state index contributed by atoms with van der Waals surface area (Å²) in [6.45, 7) is 0. The van der Waals surface area contributed by atoms with Gasteiger partial charge in [0.05, 0.1) is 0 Å². The molecule has 13 heavy (non-hydrogen) atoms. The van der Waals surface area contributed by atoms with Crippen molar-refractivity contribution >= 4 is 153 Å². The Balaban J connectivity index is 0. The average molecular weight is 1260 g/mol. The molecule has 0 aliphatic heterocycles. The van der Waals surface area contributed by atoms with Crippen molar-refractivity contribution in [3.8, 4) is 0 Å². The molecule has 4 radical (unpaired) electrons. The maximum absolute atomic E-state index is 0. The molecule has 0 aliphatic carbocycles. The van der Waals surface area contributed by atoms with Crippen LogP contribution in [0.25, 0.3) is 0 Å². The topological polar surface area (TPSA) is 0 Å². The zero-order chi connectivity index (χ0) is 0. The van der Waals surface area contributed by atoms with Crippen molar-refractivity contribution in [3.63, 3.8) is 0 Å². The smallest absolute Gasteiger partial charge is 0 e. The second-order valence-electron chi connectivity index (χ2n) is 0. The van der Waals surface area contributed by atoms with Crippen molar-refractivity contribution in [3.05, 3.63) is 0 Å². The maximum atomic E-state index is 0. The van der Waals surface area contributed by atoms with Crippen LogP contribution >= 0.6 is 0 Å². The molecule has 0 N–H and O–H groups in total. The Hall–Kier alpha value is 11.2. The second-order valence-corrected chi connectivity index (χ2v) is 0. The van der Waals surface area contributed by atoms with Crippen molar-refractivity contribution in [2.24, 2.45) is 0 Å². The fourth-order valence-corrected chi connectivity index (χ4v) is 0. The molecule has 0 saturated heterocycles. The normalized spacial score (nSPS) is 0. The van der Waals surface area contributed by atoms with Crippen LogP contribution in [0.1, 0.15) is 0 Å². The van der Waals surface area contributed by atoms with Crippen molar-refractivity contribution in [1.82, 2.24) is 0 Å². The minimum absolute atomic E-state index is 0. The van der Waals surface area contributed by atoms with Gasteiger partial charge in [-0.15, -0.1) is 0 Å². The molecule has 0 unspecified atom stereocenters. The Bertz CT molecular complexity index is 48.1. The molecule has 0 bridgehead atoms. The van der Waals surface area contributed by atoms with E-state index in [1.54, 1.807) is 0 Å². The van der Waals surface area contributed by atoms with Crippen LogP contribution in [-0.4, -0.2) is 153 Å². The van der Waals surface area contributed by atoms with Gasteiger partial charge >= 0.3 is 153 Å². The first-order valence-corrected chi connectivity index (χ1v) is 0. The van der Waals surface area contributed by atoms with E-state index in [-0.39, 0.29) is 347 Å². The van der Waals surface area contributed by atoms with Gasteiger partial charge in [-0.1, -0.05) is 0 Å². The summed E-state index contributed by atoms with van der Waals surface area (Å²) in [5, 5.41) is 0. The summed E-state index contributed by atoms with van der Waals surface area (Å²) in [6, 6.07) is 0. The molecule has 13 heteroatoms. The Morgan fingerprint density at radius 1 is 1.00 bits per heavy atom. The van der Waals surface area contributed by atoms with E-state index in [9.17, 15) is 0 Å². The molecule has 0 rings (SSSR count). The van der Waals surface area contributed by atoms with Crippen molar-refractivity contribution in [1.29, 1.82) is 0 Å². The number of hydrogen-bond donors (Lipinski definition) is 0. The van der Waals surface area contributed by atoms with Crippen molar-refractivity contribution < 1.29 is 194 Å². The molecule has 70 valence electrons. The monoisotopic (exact) mass is 1260 g/mol. The molecule has 0 atom stereocenters. The van der Waals surface area contributed by atoms with E-state index in [4.69, 9.17) is 0 Å². The Morgan fingerprint density at radius 3 is 1.00 bits per heavy atom. The Kier molecular flexibility index (Phi) is 726. The van der Waals surface area contributed by atoms with Crippen molar-refractivity contribution in [2.45, 2.75) is 0 Å².